The maximum Gasteiger partial charge on any atom is 0.490 e. The summed E-state index contributed by atoms with van der Waals surface area (Å²) in [5.74, 6) is -0.807. The van der Waals surface area contributed by atoms with Gasteiger partial charge in [-0.3, -0.25) is 14.5 Å². The Labute approximate surface area is 160 Å². The second-order valence-corrected chi connectivity index (χ2v) is 6.43. The molecule has 2 aromatic rings. The van der Waals surface area contributed by atoms with Crippen LogP contribution in [0.3, 0.4) is 0 Å². The van der Waals surface area contributed by atoms with Gasteiger partial charge in [-0.2, -0.15) is 0 Å². The molecule has 10 nitrogen and oxygen atoms in total. The molecule has 3 rings (SSSR count). The predicted octanol–water partition coefficient (Wildman–Crippen LogP) is -2.32. The first kappa shape index (κ1) is 20.0. The maximum absolute atomic E-state index is 12.7. The number of carbonyl (C=O) groups is 2. The van der Waals surface area contributed by atoms with Crippen LogP contribution in [0.25, 0.3) is 11.0 Å². The van der Waals surface area contributed by atoms with Crippen molar-refractivity contribution >= 4 is 35.5 Å². The zero-order chi connectivity index (χ0) is 20.3. The van der Waals surface area contributed by atoms with Crippen LogP contribution >= 0.6 is 0 Å². The molecule has 1 fully saturated rings. The topological polar surface area (TPSA) is 134 Å². The van der Waals surface area contributed by atoms with Gasteiger partial charge in [0.15, 0.2) is 0 Å². The number of nitrogens with zero attached hydrogens (tertiary/aromatic N) is 3. The van der Waals surface area contributed by atoms with Gasteiger partial charge in [-0.15, -0.1) is 0 Å². The van der Waals surface area contributed by atoms with Gasteiger partial charge in [0, 0.05) is 44.0 Å². The first-order valence-electron chi connectivity index (χ1n) is 8.96. The molecule has 148 valence electrons. The minimum absolute atomic E-state index is 0.0462. The van der Waals surface area contributed by atoms with E-state index in [4.69, 9.17) is 4.74 Å². The highest BCUT2D eigenvalue weighted by atomic mass is 16.5. The van der Waals surface area contributed by atoms with E-state index >= 15 is 0 Å². The van der Waals surface area contributed by atoms with Gasteiger partial charge in [0.2, 0.25) is 11.3 Å². The van der Waals surface area contributed by atoms with E-state index in [2.05, 4.69) is 10.3 Å². The smallest absolute Gasteiger partial charge is 0.462 e. The van der Waals surface area contributed by atoms with Crippen molar-refractivity contribution in [3.05, 3.63) is 34.2 Å². The molecule has 2 aromatic heterocycles. The van der Waals surface area contributed by atoms with E-state index in [1.165, 1.54) is 18.5 Å². The van der Waals surface area contributed by atoms with Gasteiger partial charge in [-0.25, -0.2) is 9.78 Å². The van der Waals surface area contributed by atoms with Crippen LogP contribution in [0.2, 0.25) is 0 Å². The van der Waals surface area contributed by atoms with Crippen molar-refractivity contribution in [1.29, 1.82) is 0 Å². The molecule has 0 spiro atoms. The average molecular weight is 388 g/mol. The Morgan fingerprint density at radius 2 is 2.14 bits per heavy atom. The number of carbonyl (C=O) groups excluding carboxylic acids is 2. The Bertz CT molecular complexity index is 961. The summed E-state index contributed by atoms with van der Waals surface area (Å²) in [6.07, 6.45) is 2.66. The van der Waals surface area contributed by atoms with Crippen LogP contribution in [0.4, 0.5) is 0 Å². The second kappa shape index (κ2) is 8.51. The number of amides is 1. The molecule has 1 saturated heterocycles. The van der Waals surface area contributed by atoms with Crippen LogP contribution in [0.1, 0.15) is 17.3 Å². The molecule has 0 aromatic carbocycles. The zero-order valence-electron chi connectivity index (χ0n) is 15.4. The van der Waals surface area contributed by atoms with Crippen LogP contribution in [-0.2, 0) is 16.1 Å². The van der Waals surface area contributed by atoms with Gasteiger partial charge in [-0.05, 0) is 13.0 Å². The van der Waals surface area contributed by atoms with E-state index in [0.29, 0.717) is 31.8 Å². The molecule has 0 bridgehead atoms. The summed E-state index contributed by atoms with van der Waals surface area (Å²) >= 11 is 0. The number of piperazine rings is 1. The van der Waals surface area contributed by atoms with Crippen molar-refractivity contribution in [3.8, 4) is 0 Å². The average Bonchev–Trinajstić information content (AvgIpc) is 2.67. The fraction of sp³-hybridized carbons (Fsp3) is 0.412. The molecule has 1 aliphatic rings. The predicted molar refractivity (Wildman–Crippen MR) is 101 cm³/mol. The number of pyridine rings is 2. The van der Waals surface area contributed by atoms with E-state index in [9.17, 15) is 24.4 Å². The number of hydrogen-bond donors (Lipinski definition) is 3. The Morgan fingerprint density at radius 1 is 1.36 bits per heavy atom. The van der Waals surface area contributed by atoms with Crippen molar-refractivity contribution in [1.82, 2.24) is 19.8 Å². The number of aromatic nitrogens is 2. The third-order valence-electron chi connectivity index (χ3n) is 4.50. The lowest BCUT2D eigenvalue weighted by molar-refractivity contribution is -0.124. The first-order valence-corrected chi connectivity index (χ1v) is 8.96. The van der Waals surface area contributed by atoms with Gasteiger partial charge in [0.05, 0.1) is 18.5 Å². The molecule has 3 N–H and O–H groups in total. The molecule has 3 heterocycles. The number of ether oxygens (including phenoxy) is 1. The highest BCUT2D eigenvalue weighted by Crippen LogP contribution is 2.10. The largest absolute Gasteiger partial charge is 0.490 e. The summed E-state index contributed by atoms with van der Waals surface area (Å²) in [5, 5.41) is 21.6. The van der Waals surface area contributed by atoms with Gasteiger partial charge >= 0.3 is 13.1 Å². The second-order valence-electron chi connectivity index (χ2n) is 6.43. The maximum atomic E-state index is 12.7. The number of nitrogens with one attached hydrogen (secondary N) is 1. The molecule has 0 radical (unpaired) electrons. The first-order chi connectivity index (χ1) is 13.4. The summed E-state index contributed by atoms with van der Waals surface area (Å²) < 4.78 is 6.61. The summed E-state index contributed by atoms with van der Waals surface area (Å²) in [7, 11) is -1.79. The van der Waals surface area contributed by atoms with Crippen molar-refractivity contribution in [2.75, 3.05) is 32.8 Å². The van der Waals surface area contributed by atoms with E-state index < -0.39 is 18.5 Å². The van der Waals surface area contributed by atoms with Crippen LogP contribution in [0, 0.1) is 0 Å². The molecule has 0 unspecified atom stereocenters. The number of rotatable bonds is 6. The molecule has 1 amide bonds. The van der Waals surface area contributed by atoms with Crippen LogP contribution in [-0.4, -0.2) is 76.3 Å². The summed E-state index contributed by atoms with van der Waals surface area (Å²) in [6, 6.07) is 1.31. The molecule has 0 saturated carbocycles. The summed E-state index contributed by atoms with van der Waals surface area (Å²) in [4.78, 5) is 42.6. The quantitative estimate of drug-likeness (QED) is 0.371. The van der Waals surface area contributed by atoms with E-state index in [-0.39, 0.29) is 35.5 Å². The Kier molecular flexibility index (Phi) is 6.07. The monoisotopic (exact) mass is 388 g/mol. The third kappa shape index (κ3) is 4.21. The van der Waals surface area contributed by atoms with Gasteiger partial charge in [0.1, 0.15) is 11.2 Å². The molecular weight excluding hydrogens is 367 g/mol. The Morgan fingerprint density at radius 3 is 2.82 bits per heavy atom. The van der Waals surface area contributed by atoms with Crippen molar-refractivity contribution < 1.29 is 24.4 Å². The van der Waals surface area contributed by atoms with Gasteiger partial charge in [-0.1, -0.05) is 0 Å². The minimum atomic E-state index is -1.79. The lowest BCUT2D eigenvalue weighted by Gasteiger charge is -2.27. The standard InChI is InChI=1S/C17H21BN4O6/c1-2-28-17(25)13-9-22(6-5-21-4-3-19-14(23)10-21)16-12(15(13)24)7-11(8-20-16)18(26)27/h7-9,26-27H,2-6,10H2,1H3,(H,19,23). The van der Waals surface area contributed by atoms with Crippen molar-refractivity contribution in [2.45, 2.75) is 13.5 Å². The lowest BCUT2D eigenvalue weighted by Crippen LogP contribution is -2.48. The molecule has 0 aliphatic carbocycles. The van der Waals surface area contributed by atoms with Gasteiger partial charge in [0.25, 0.3) is 0 Å². The highest BCUT2D eigenvalue weighted by Gasteiger charge is 2.21. The molecule has 11 heteroatoms. The highest BCUT2D eigenvalue weighted by molar-refractivity contribution is 6.58. The van der Waals surface area contributed by atoms with E-state index in [1.807, 2.05) is 4.90 Å². The summed E-state index contributed by atoms with van der Waals surface area (Å²) in [5.41, 5.74) is -0.386. The molecule has 0 atom stereocenters. The fourth-order valence-electron chi connectivity index (χ4n) is 3.09. The minimum Gasteiger partial charge on any atom is -0.462 e. The van der Waals surface area contributed by atoms with Crippen LogP contribution in [0.15, 0.2) is 23.3 Å². The van der Waals surface area contributed by atoms with Crippen molar-refractivity contribution in [2.24, 2.45) is 0 Å². The molecular formula is C17H21BN4O6. The van der Waals surface area contributed by atoms with Crippen LogP contribution < -0.4 is 16.2 Å². The number of hydrogen-bond acceptors (Lipinski definition) is 8. The van der Waals surface area contributed by atoms with Gasteiger partial charge < -0.3 is 24.7 Å². The number of fused-ring (bicyclic) bond motifs is 1. The molecule has 1 aliphatic heterocycles. The van der Waals surface area contributed by atoms with Crippen LogP contribution in [0.5, 0.6) is 0 Å². The normalized spacial score (nSPS) is 14.8. The van der Waals surface area contributed by atoms with Crippen molar-refractivity contribution in [3.63, 3.8) is 0 Å². The van der Waals surface area contributed by atoms with E-state index in [0.717, 1.165) is 0 Å². The molecule has 28 heavy (non-hydrogen) atoms. The third-order valence-corrected chi connectivity index (χ3v) is 4.50. The van der Waals surface area contributed by atoms with E-state index in [1.54, 1.807) is 11.5 Å². The Hall–Kier alpha value is -2.76. The zero-order valence-corrected chi connectivity index (χ0v) is 15.4. The lowest BCUT2D eigenvalue weighted by atomic mass is 9.81. The summed E-state index contributed by atoms with van der Waals surface area (Å²) in [6.45, 7) is 4.19. The fourth-order valence-corrected chi connectivity index (χ4v) is 3.09. The Balaban J connectivity index is 2.01. The SMILES string of the molecule is CCOC(=O)c1cn(CCN2CCNC(=O)C2)c2ncc(B(O)O)cc2c1=O. The number of esters is 1.